The first-order valence-corrected chi connectivity index (χ1v) is 7.64. The molecule has 1 aromatic heterocycles. The summed E-state index contributed by atoms with van der Waals surface area (Å²) in [6, 6.07) is 6.79. The highest BCUT2D eigenvalue weighted by Gasteiger charge is 2.16. The van der Waals surface area contributed by atoms with Crippen molar-refractivity contribution in [3.63, 3.8) is 0 Å². The fraction of sp³-hybridized carbons (Fsp3) is 0.500. The van der Waals surface area contributed by atoms with Crippen molar-refractivity contribution in [2.75, 3.05) is 25.0 Å². The van der Waals surface area contributed by atoms with Crippen molar-refractivity contribution < 1.29 is 0 Å². The lowest BCUT2D eigenvalue weighted by atomic mass is 10.00. The highest BCUT2D eigenvalue weighted by Crippen LogP contribution is 2.27. The van der Waals surface area contributed by atoms with Crippen molar-refractivity contribution >= 4 is 5.69 Å². The van der Waals surface area contributed by atoms with Gasteiger partial charge in [0.05, 0.1) is 12.2 Å². The summed E-state index contributed by atoms with van der Waals surface area (Å²) in [4.78, 5) is 2.47. The maximum Gasteiger partial charge on any atom is 0.0964 e. The summed E-state index contributed by atoms with van der Waals surface area (Å²) in [5, 5.41) is 11.4. The van der Waals surface area contributed by atoms with E-state index in [1.807, 2.05) is 17.9 Å². The molecular weight excluding hydrogens is 262 g/mol. The van der Waals surface area contributed by atoms with Crippen LogP contribution in [0.25, 0.3) is 0 Å². The summed E-state index contributed by atoms with van der Waals surface area (Å²) >= 11 is 0. The smallest absolute Gasteiger partial charge is 0.0964 e. The number of hydrogen-bond donors (Lipinski definition) is 1. The Kier molecular flexibility index (Phi) is 4.20. The summed E-state index contributed by atoms with van der Waals surface area (Å²) in [6.45, 7) is 5.93. The van der Waals surface area contributed by atoms with Gasteiger partial charge in [0.15, 0.2) is 0 Å². The molecule has 1 aliphatic heterocycles. The van der Waals surface area contributed by atoms with Crippen LogP contribution < -0.4 is 10.2 Å². The van der Waals surface area contributed by atoms with Gasteiger partial charge in [-0.1, -0.05) is 22.9 Å². The second kappa shape index (κ2) is 6.26. The molecule has 0 radical (unpaired) electrons. The van der Waals surface area contributed by atoms with Crippen LogP contribution in [0.15, 0.2) is 24.4 Å². The van der Waals surface area contributed by atoms with Crippen LogP contribution in [0.4, 0.5) is 5.69 Å². The van der Waals surface area contributed by atoms with Gasteiger partial charge >= 0.3 is 0 Å². The Bertz CT molecular complexity index is 604. The summed E-state index contributed by atoms with van der Waals surface area (Å²) in [7, 11) is 1.92. The van der Waals surface area contributed by atoms with E-state index in [0.29, 0.717) is 0 Å². The molecule has 1 N–H and O–H groups in total. The van der Waals surface area contributed by atoms with Crippen LogP contribution in [0.3, 0.4) is 0 Å². The first kappa shape index (κ1) is 14.1. The van der Waals surface area contributed by atoms with Gasteiger partial charge in [-0.2, -0.15) is 0 Å². The number of anilines is 1. The van der Waals surface area contributed by atoms with Crippen LogP contribution in [0.1, 0.15) is 23.2 Å². The first-order valence-electron chi connectivity index (χ1n) is 7.64. The predicted octanol–water partition coefficient (Wildman–Crippen LogP) is 1.76. The van der Waals surface area contributed by atoms with Crippen molar-refractivity contribution in [3.05, 3.63) is 41.2 Å². The Balaban J connectivity index is 1.66. The molecule has 0 saturated carbocycles. The topological polar surface area (TPSA) is 46.0 Å². The minimum atomic E-state index is 0.770. The quantitative estimate of drug-likeness (QED) is 0.909. The number of nitrogens with one attached hydrogen (secondary N) is 1. The zero-order valence-corrected chi connectivity index (χ0v) is 12.8. The lowest BCUT2D eigenvalue weighted by molar-refractivity contribution is 0.562. The second-order valence-electron chi connectivity index (χ2n) is 5.73. The molecule has 0 unspecified atom stereocenters. The van der Waals surface area contributed by atoms with Gasteiger partial charge in [0, 0.05) is 31.5 Å². The van der Waals surface area contributed by atoms with E-state index in [1.54, 1.807) is 0 Å². The highest BCUT2D eigenvalue weighted by molar-refractivity contribution is 5.56. The number of aromatic nitrogens is 3. The standard InChI is InChI=1S/C16H23N5/c1-13-5-6-16-14(10-13)4-3-7-20(16)8-9-21-12-15(11-17-2)18-19-21/h5-6,10,12,17H,3-4,7-9,11H2,1-2H3. The summed E-state index contributed by atoms with van der Waals surface area (Å²) in [5.41, 5.74) is 5.22. The third kappa shape index (κ3) is 3.24. The number of fused-ring (bicyclic) bond motifs is 1. The predicted molar refractivity (Wildman–Crippen MR) is 84.5 cm³/mol. The van der Waals surface area contributed by atoms with E-state index >= 15 is 0 Å². The molecule has 1 aromatic carbocycles. The molecular formula is C16H23N5. The van der Waals surface area contributed by atoms with Crippen molar-refractivity contribution in [3.8, 4) is 0 Å². The Morgan fingerprint density at radius 3 is 3.05 bits per heavy atom. The number of benzene rings is 1. The molecule has 0 amide bonds. The molecule has 0 atom stereocenters. The summed E-state index contributed by atoms with van der Waals surface area (Å²) in [5.74, 6) is 0. The molecule has 21 heavy (non-hydrogen) atoms. The first-order chi connectivity index (χ1) is 10.3. The fourth-order valence-corrected chi connectivity index (χ4v) is 2.97. The molecule has 0 spiro atoms. The van der Waals surface area contributed by atoms with Crippen molar-refractivity contribution in [2.24, 2.45) is 0 Å². The van der Waals surface area contributed by atoms with Crippen LogP contribution >= 0.6 is 0 Å². The lowest BCUT2D eigenvalue weighted by Crippen LogP contribution is -2.32. The molecule has 5 heteroatoms. The monoisotopic (exact) mass is 285 g/mol. The van der Waals surface area contributed by atoms with Gasteiger partial charge in [0.2, 0.25) is 0 Å². The van der Waals surface area contributed by atoms with E-state index in [2.05, 4.69) is 45.7 Å². The van der Waals surface area contributed by atoms with Crippen LogP contribution in [-0.4, -0.2) is 35.1 Å². The maximum absolute atomic E-state index is 4.19. The molecule has 0 aliphatic carbocycles. The summed E-state index contributed by atoms with van der Waals surface area (Å²) in [6.07, 6.45) is 4.46. The van der Waals surface area contributed by atoms with Gasteiger partial charge in [-0.3, -0.25) is 4.68 Å². The minimum Gasteiger partial charge on any atom is -0.369 e. The SMILES string of the molecule is CNCc1cn(CCN2CCCc3cc(C)ccc32)nn1. The van der Waals surface area contributed by atoms with Crippen LogP contribution in [-0.2, 0) is 19.5 Å². The maximum atomic E-state index is 4.19. The van der Waals surface area contributed by atoms with Crippen molar-refractivity contribution in [1.82, 2.24) is 20.3 Å². The van der Waals surface area contributed by atoms with Gasteiger partial charge in [-0.05, 0) is 38.4 Å². The summed E-state index contributed by atoms with van der Waals surface area (Å²) < 4.78 is 1.94. The molecule has 2 aromatic rings. The number of nitrogens with zero attached hydrogens (tertiary/aromatic N) is 4. The molecule has 0 fully saturated rings. The van der Waals surface area contributed by atoms with Gasteiger partial charge in [0.1, 0.15) is 0 Å². The van der Waals surface area contributed by atoms with E-state index in [1.165, 1.54) is 29.7 Å². The largest absolute Gasteiger partial charge is 0.369 e. The Morgan fingerprint density at radius 1 is 1.29 bits per heavy atom. The Labute approximate surface area is 126 Å². The van der Waals surface area contributed by atoms with E-state index in [9.17, 15) is 0 Å². The van der Waals surface area contributed by atoms with Gasteiger partial charge < -0.3 is 10.2 Å². The minimum absolute atomic E-state index is 0.770. The van der Waals surface area contributed by atoms with Crippen LogP contribution in [0.5, 0.6) is 0 Å². The Hall–Kier alpha value is -1.88. The molecule has 1 aliphatic rings. The molecule has 0 bridgehead atoms. The highest BCUT2D eigenvalue weighted by atomic mass is 15.4. The van der Waals surface area contributed by atoms with Crippen molar-refractivity contribution in [1.29, 1.82) is 0 Å². The van der Waals surface area contributed by atoms with Crippen molar-refractivity contribution in [2.45, 2.75) is 32.9 Å². The third-order valence-electron chi connectivity index (χ3n) is 3.99. The van der Waals surface area contributed by atoms with Crippen LogP contribution in [0, 0.1) is 6.92 Å². The lowest BCUT2D eigenvalue weighted by Gasteiger charge is -2.31. The van der Waals surface area contributed by atoms with Crippen LogP contribution in [0.2, 0.25) is 0 Å². The number of aryl methyl sites for hydroxylation is 2. The molecule has 0 saturated heterocycles. The average molecular weight is 285 g/mol. The zero-order chi connectivity index (χ0) is 14.7. The molecule has 3 rings (SSSR count). The number of rotatable bonds is 5. The molecule has 5 nitrogen and oxygen atoms in total. The van der Waals surface area contributed by atoms with E-state index < -0.39 is 0 Å². The van der Waals surface area contributed by atoms with E-state index in [-0.39, 0.29) is 0 Å². The number of hydrogen-bond acceptors (Lipinski definition) is 4. The van der Waals surface area contributed by atoms with E-state index in [0.717, 1.165) is 31.9 Å². The third-order valence-corrected chi connectivity index (χ3v) is 3.99. The fourth-order valence-electron chi connectivity index (χ4n) is 2.97. The second-order valence-corrected chi connectivity index (χ2v) is 5.73. The molecule has 112 valence electrons. The average Bonchev–Trinajstić information content (AvgIpc) is 2.93. The van der Waals surface area contributed by atoms with Gasteiger partial charge in [-0.15, -0.1) is 5.10 Å². The Morgan fingerprint density at radius 2 is 2.19 bits per heavy atom. The molecule has 2 heterocycles. The zero-order valence-electron chi connectivity index (χ0n) is 12.8. The van der Waals surface area contributed by atoms with Gasteiger partial charge in [0.25, 0.3) is 0 Å². The normalized spacial score (nSPS) is 14.3. The van der Waals surface area contributed by atoms with E-state index in [4.69, 9.17) is 0 Å². The van der Waals surface area contributed by atoms with Gasteiger partial charge in [-0.25, -0.2) is 0 Å².